The van der Waals surface area contributed by atoms with Crippen LogP contribution in [0.25, 0.3) is 0 Å². The van der Waals surface area contributed by atoms with E-state index in [9.17, 15) is 12.8 Å². The summed E-state index contributed by atoms with van der Waals surface area (Å²) >= 11 is 3.27. The average Bonchev–Trinajstić information content (AvgIpc) is 3.01. The Balaban J connectivity index is 1.95. The number of rotatable bonds is 4. The lowest BCUT2D eigenvalue weighted by molar-refractivity contribution is 0.601. The standard InChI is InChI=1S/C16H16BrFN2O2S/c17-12-3-6-14(7-4-12)23(21,22)19-15-11-13(18)5-8-16(15)20-9-1-2-10-20/h3-8,11,19H,1-2,9-10H2. The molecule has 23 heavy (non-hydrogen) atoms. The van der Waals surface area contributed by atoms with E-state index in [1.807, 2.05) is 0 Å². The third-order valence-corrected chi connectivity index (χ3v) is 5.68. The predicted molar refractivity (Wildman–Crippen MR) is 92.8 cm³/mol. The summed E-state index contributed by atoms with van der Waals surface area (Å²) in [6, 6.07) is 10.5. The number of hydrogen-bond acceptors (Lipinski definition) is 3. The first-order valence-electron chi connectivity index (χ1n) is 7.29. The summed E-state index contributed by atoms with van der Waals surface area (Å²) in [4.78, 5) is 2.20. The molecule has 1 aliphatic heterocycles. The monoisotopic (exact) mass is 398 g/mol. The highest BCUT2D eigenvalue weighted by Crippen LogP contribution is 2.31. The van der Waals surface area contributed by atoms with E-state index in [0.717, 1.165) is 30.4 Å². The van der Waals surface area contributed by atoms with Gasteiger partial charge in [0.2, 0.25) is 0 Å². The van der Waals surface area contributed by atoms with Gasteiger partial charge in [0.05, 0.1) is 16.3 Å². The lowest BCUT2D eigenvalue weighted by atomic mass is 10.2. The fraction of sp³-hybridized carbons (Fsp3) is 0.250. The highest BCUT2D eigenvalue weighted by molar-refractivity contribution is 9.10. The van der Waals surface area contributed by atoms with E-state index in [-0.39, 0.29) is 10.6 Å². The summed E-state index contributed by atoms with van der Waals surface area (Å²) < 4.78 is 42.0. The van der Waals surface area contributed by atoms with Gasteiger partial charge < -0.3 is 4.90 Å². The van der Waals surface area contributed by atoms with Crippen LogP contribution in [-0.2, 0) is 10.0 Å². The van der Waals surface area contributed by atoms with Crippen LogP contribution in [0.1, 0.15) is 12.8 Å². The van der Waals surface area contributed by atoms with Gasteiger partial charge in [-0.2, -0.15) is 0 Å². The van der Waals surface area contributed by atoms with Crippen molar-refractivity contribution in [1.82, 2.24) is 0 Å². The molecule has 0 amide bonds. The predicted octanol–water partition coefficient (Wildman–Crippen LogP) is 3.99. The lowest BCUT2D eigenvalue weighted by Gasteiger charge is -2.22. The largest absolute Gasteiger partial charge is 0.370 e. The van der Waals surface area contributed by atoms with Crippen molar-refractivity contribution < 1.29 is 12.8 Å². The molecule has 0 aromatic heterocycles. The van der Waals surface area contributed by atoms with E-state index in [4.69, 9.17) is 0 Å². The van der Waals surface area contributed by atoms with E-state index in [1.54, 1.807) is 18.2 Å². The SMILES string of the molecule is O=S(=O)(Nc1cc(F)ccc1N1CCCC1)c1ccc(Br)cc1. The molecule has 3 rings (SSSR count). The maximum Gasteiger partial charge on any atom is 0.261 e. The molecule has 2 aromatic rings. The molecule has 0 saturated carbocycles. The normalized spacial score (nSPS) is 15.0. The van der Waals surface area contributed by atoms with Gasteiger partial charge in [-0.05, 0) is 49.2 Å². The van der Waals surface area contributed by atoms with Gasteiger partial charge in [-0.3, -0.25) is 4.72 Å². The minimum Gasteiger partial charge on any atom is -0.370 e. The Labute approximate surface area is 143 Å². The average molecular weight is 399 g/mol. The lowest BCUT2D eigenvalue weighted by Crippen LogP contribution is -2.21. The summed E-state index contributed by atoms with van der Waals surface area (Å²) in [6.07, 6.45) is 2.10. The highest BCUT2D eigenvalue weighted by atomic mass is 79.9. The number of halogens is 2. The molecule has 0 aliphatic carbocycles. The molecule has 0 bridgehead atoms. The first kappa shape index (κ1) is 16.3. The van der Waals surface area contributed by atoms with Crippen molar-refractivity contribution in [2.45, 2.75) is 17.7 Å². The maximum absolute atomic E-state index is 13.6. The number of nitrogens with one attached hydrogen (secondary N) is 1. The molecule has 1 aliphatic rings. The van der Waals surface area contributed by atoms with Crippen molar-refractivity contribution in [3.05, 3.63) is 52.8 Å². The number of hydrogen-bond donors (Lipinski definition) is 1. The fourth-order valence-corrected chi connectivity index (χ4v) is 3.97. The van der Waals surface area contributed by atoms with Crippen LogP contribution in [0.15, 0.2) is 51.8 Å². The first-order valence-corrected chi connectivity index (χ1v) is 9.56. The molecule has 0 unspecified atom stereocenters. The summed E-state index contributed by atoms with van der Waals surface area (Å²) in [7, 11) is -3.76. The van der Waals surface area contributed by atoms with Crippen LogP contribution < -0.4 is 9.62 Å². The Hall–Kier alpha value is -1.60. The van der Waals surface area contributed by atoms with Gasteiger partial charge in [0.15, 0.2) is 0 Å². The van der Waals surface area contributed by atoms with E-state index >= 15 is 0 Å². The zero-order valence-corrected chi connectivity index (χ0v) is 14.7. The summed E-state index contributed by atoms with van der Waals surface area (Å²) in [6.45, 7) is 1.69. The molecule has 0 radical (unpaired) electrons. The van der Waals surface area contributed by atoms with E-state index in [0.29, 0.717) is 5.69 Å². The third-order valence-electron chi connectivity index (χ3n) is 3.77. The van der Waals surface area contributed by atoms with Gasteiger partial charge in [0.1, 0.15) is 5.82 Å². The van der Waals surface area contributed by atoms with Crippen molar-refractivity contribution >= 4 is 37.3 Å². The Bertz CT molecular complexity index is 803. The van der Waals surface area contributed by atoms with Crippen LogP contribution in [0.2, 0.25) is 0 Å². The second-order valence-corrected chi connectivity index (χ2v) is 8.01. The molecule has 7 heteroatoms. The fourth-order valence-electron chi connectivity index (χ4n) is 2.64. The van der Waals surface area contributed by atoms with Crippen molar-refractivity contribution in [1.29, 1.82) is 0 Å². The van der Waals surface area contributed by atoms with Gasteiger partial charge in [-0.1, -0.05) is 15.9 Å². The molecule has 0 atom stereocenters. The first-order chi connectivity index (χ1) is 11.0. The van der Waals surface area contributed by atoms with Gasteiger partial charge >= 0.3 is 0 Å². The number of benzene rings is 2. The molecule has 1 N–H and O–H groups in total. The van der Waals surface area contributed by atoms with Crippen molar-refractivity contribution in [3.8, 4) is 0 Å². The smallest absolute Gasteiger partial charge is 0.261 e. The minimum absolute atomic E-state index is 0.136. The second kappa shape index (κ2) is 6.49. The second-order valence-electron chi connectivity index (χ2n) is 5.42. The van der Waals surface area contributed by atoms with Gasteiger partial charge in [0, 0.05) is 23.6 Å². The number of nitrogens with zero attached hydrogens (tertiary/aromatic N) is 1. The maximum atomic E-state index is 13.6. The highest BCUT2D eigenvalue weighted by Gasteiger charge is 2.21. The van der Waals surface area contributed by atoms with Gasteiger partial charge in [0.25, 0.3) is 10.0 Å². The summed E-state index contributed by atoms with van der Waals surface area (Å²) in [5.41, 5.74) is 0.986. The quantitative estimate of drug-likeness (QED) is 0.846. The van der Waals surface area contributed by atoms with Crippen LogP contribution in [0.5, 0.6) is 0 Å². The Morgan fingerprint density at radius 3 is 2.35 bits per heavy atom. The summed E-state index contributed by atoms with van der Waals surface area (Å²) in [5.74, 6) is -0.471. The zero-order chi connectivity index (χ0) is 16.4. The third kappa shape index (κ3) is 3.67. The topological polar surface area (TPSA) is 49.4 Å². The molecule has 1 heterocycles. The molecule has 2 aromatic carbocycles. The minimum atomic E-state index is -3.76. The van der Waals surface area contributed by atoms with E-state index in [1.165, 1.54) is 24.3 Å². The molecular formula is C16H16BrFN2O2S. The van der Waals surface area contributed by atoms with E-state index < -0.39 is 15.8 Å². The molecule has 122 valence electrons. The van der Waals surface area contributed by atoms with Crippen LogP contribution >= 0.6 is 15.9 Å². The van der Waals surface area contributed by atoms with Crippen LogP contribution in [0.3, 0.4) is 0 Å². The zero-order valence-electron chi connectivity index (χ0n) is 12.3. The number of anilines is 2. The van der Waals surface area contributed by atoms with Crippen LogP contribution in [0.4, 0.5) is 15.8 Å². The van der Waals surface area contributed by atoms with Crippen molar-refractivity contribution in [3.63, 3.8) is 0 Å². The molecule has 1 saturated heterocycles. The van der Waals surface area contributed by atoms with Crippen LogP contribution in [0, 0.1) is 5.82 Å². The molecule has 0 spiro atoms. The van der Waals surface area contributed by atoms with Crippen molar-refractivity contribution in [2.24, 2.45) is 0 Å². The van der Waals surface area contributed by atoms with Crippen LogP contribution in [-0.4, -0.2) is 21.5 Å². The van der Waals surface area contributed by atoms with Crippen molar-refractivity contribution in [2.75, 3.05) is 22.7 Å². The molecule has 4 nitrogen and oxygen atoms in total. The molecule has 1 fully saturated rings. The van der Waals surface area contributed by atoms with Gasteiger partial charge in [-0.15, -0.1) is 0 Å². The Kier molecular flexibility index (Phi) is 4.59. The number of sulfonamides is 1. The Morgan fingerprint density at radius 2 is 1.70 bits per heavy atom. The molecular weight excluding hydrogens is 383 g/mol. The summed E-state index contributed by atoms with van der Waals surface area (Å²) in [5, 5.41) is 0. The van der Waals surface area contributed by atoms with E-state index in [2.05, 4.69) is 25.6 Å². The van der Waals surface area contributed by atoms with Gasteiger partial charge in [-0.25, -0.2) is 12.8 Å². The Morgan fingerprint density at radius 1 is 1.04 bits per heavy atom.